The maximum Gasteiger partial charge on any atom is 0.240 e. The SMILES string of the molecule is CC(C)c1cc(N[C@@H](Cc2ccccc2)C(N)=O)c2nncn2n1. The van der Waals surface area contributed by atoms with Gasteiger partial charge >= 0.3 is 0 Å². The van der Waals surface area contributed by atoms with Crippen molar-refractivity contribution >= 4 is 17.2 Å². The molecule has 3 aromatic rings. The van der Waals surface area contributed by atoms with E-state index in [1.165, 1.54) is 0 Å². The molecule has 24 heavy (non-hydrogen) atoms. The fourth-order valence-corrected chi connectivity index (χ4v) is 2.49. The first-order valence-corrected chi connectivity index (χ1v) is 7.85. The maximum absolute atomic E-state index is 11.9. The van der Waals surface area contributed by atoms with Crippen molar-refractivity contribution in [1.29, 1.82) is 0 Å². The summed E-state index contributed by atoms with van der Waals surface area (Å²) in [5.41, 5.74) is 8.77. The van der Waals surface area contributed by atoms with E-state index in [0.29, 0.717) is 17.8 Å². The number of fused-ring (bicyclic) bond motifs is 1. The molecular formula is C17H20N6O. The van der Waals surface area contributed by atoms with Gasteiger partial charge in [0.25, 0.3) is 0 Å². The molecule has 0 bridgehead atoms. The van der Waals surface area contributed by atoms with Crippen molar-refractivity contribution in [2.75, 3.05) is 5.32 Å². The van der Waals surface area contributed by atoms with Crippen LogP contribution in [0.3, 0.4) is 0 Å². The zero-order chi connectivity index (χ0) is 17.1. The minimum Gasteiger partial charge on any atom is -0.370 e. The summed E-state index contributed by atoms with van der Waals surface area (Å²) in [7, 11) is 0. The Bertz CT molecular complexity index is 843. The third kappa shape index (κ3) is 3.34. The van der Waals surface area contributed by atoms with Crippen LogP contribution in [0.1, 0.15) is 31.0 Å². The summed E-state index contributed by atoms with van der Waals surface area (Å²) in [6.45, 7) is 4.11. The molecule has 0 radical (unpaired) electrons. The molecule has 2 aromatic heterocycles. The van der Waals surface area contributed by atoms with Gasteiger partial charge < -0.3 is 11.1 Å². The van der Waals surface area contributed by atoms with E-state index in [4.69, 9.17) is 5.73 Å². The Labute approximate surface area is 139 Å². The topological polar surface area (TPSA) is 98.2 Å². The van der Waals surface area contributed by atoms with Crippen LogP contribution in [0.4, 0.5) is 5.69 Å². The van der Waals surface area contributed by atoms with Crippen molar-refractivity contribution in [3.63, 3.8) is 0 Å². The van der Waals surface area contributed by atoms with E-state index in [1.807, 2.05) is 36.4 Å². The predicted molar refractivity (Wildman–Crippen MR) is 91.6 cm³/mol. The lowest BCUT2D eigenvalue weighted by Crippen LogP contribution is -2.37. The number of benzene rings is 1. The largest absolute Gasteiger partial charge is 0.370 e. The van der Waals surface area contributed by atoms with E-state index in [1.54, 1.807) is 10.8 Å². The van der Waals surface area contributed by atoms with Gasteiger partial charge in [0.05, 0.1) is 11.4 Å². The number of nitrogens with two attached hydrogens (primary N) is 1. The van der Waals surface area contributed by atoms with Crippen molar-refractivity contribution in [3.05, 3.63) is 54.0 Å². The number of carbonyl (C=O) groups excluding carboxylic acids is 1. The molecular weight excluding hydrogens is 304 g/mol. The van der Waals surface area contributed by atoms with Crippen molar-refractivity contribution in [1.82, 2.24) is 19.8 Å². The summed E-state index contributed by atoms with van der Waals surface area (Å²) in [5, 5.41) is 15.6. The molecule has 1 atom stereocenters. The zero-order valence-electron chi connectivity index (χ0n) is 13.7. The van der Waals surface area contributed by atoms with Crippen LogP contribution >= 0.6 is 0 Å². The van der Waals surface area contributed by atoms with E-state index in [0.717, 1.165) is 11.3 Å². The van der Waals surface area contributed by atoms with Crippen LogP contribution in [0.25, 0.3) is 5.65 Å². The van der Waals surface area contributed by atoms with Gasteiger partial charge in [-0.1, -0.05) is 44.2 Å². The summed E-state index contributed by atoms with van der Waals surface area (Å²) in [5.74, 6) is -0.182. The Morgan fingerprint density at radius 1 is 1.29 bits per heavy atom. The Morgan fingerprint density at radius 2 is 2.04 bits per heavy atom. The van der Waals surface area contributed by atoms with Crippen LogP contribution in [0.2, 0.25) is 0 Å². The highest BCUT2D eigenvalue weighted by Crippen LogP contribution is 2.21. The van der Waals surface area contributed by atoms with Gasteiger partial charge in [-0.25, -0.2) is 0 Å². The summed E-state index contributed by atoms with van der Waals surface area (Å²) < 4.78 is 1.61. The van der Waals surface area contributed by atoms with Crippen LogP contribution in [0, 0.1) is 0 Å². The number of nitrogens with zero attached hydrogens (tertiary/aromatic N) is 4. The molecule has 2 heterocycles. The Morgan fingerprint density at radius 3 is 2.71 bits per heavy atom. The van der Waals surface area contributed by atoms with Crippen LogP contribution in [-0.2, 0) is 11.2 Å². The fourth-order valence-electron chi connectivity index (χ4n) is 2.49. The summed E-state index contributed by atoms with van der Waals surface area (Å²) >= 11 is 0. The summed E-state index contributed by atoms with van der Waals surface area (Å²) in [4.78, 5) is 11.9. The molecule has 0 unspecified atom stereocenters. The van der Waals surface area contributed by atoms with E-state index < -0.39 is 11.9 Å². The number of nitrogens with one attached hydrogen (secondary N) is 1. The lowest BCUT2D eigenvalue weighted by Gasteiger charge is -2.18. The molecule has 0 saturated carbocycles. The second-order valence-electron chi connectivity index (χ2n) is 6.03. The molecule has 0 aliphatic carbocycles. The second-order valence-corrected chi connectivity index (χ2v) is 6.03. The van der Waals surface area contributed by atoms with Crippen molar-refractivity contribution in [2.45, 2.75) is 32.2 Å². The highest BCUT2D eigenvalue weighted by atomic mass is 16.1. The Hall–Kier alpha value is -2.96. The van der Waals surface area contributed by atoms with Gasteiger partial charge in [0.1, 0.15) is 12.4 Å². The number of anilines is 1. The fraction of sp³-hybridized carbons (Fsp3) is 0.294. The molecule has 3 rings (SSSR count). The van der Waals surface area contributed by atoms with Crippen molar-refractivity contribution < 1.29 is 4.79 Å². The molecule has 1 aromatic carbocycles. The summed E-state index contributed by atoms with van der Waals surface area (Å²) in [6.07, 6.45) is 2.04. The number of hydrogen-bond acceptors (Lipinski definition) is 5. The lowest BCUT2D eigenvalue weighted by molar-refractivity contribution is -0.118. The van der Waals surface area contributed by atoms with Crippen LogP contribution in [0.5, 0.6) is 0 Å². The lowest BCUT2D eigenvalue weighted by atomic mass is 10.0. The zero-order valence-corrected chi connectivity index (χ0v) is 13.7. The summed E-state index contributed by atoms with van der Waals surface area (Å²) in [6, 6.07) is 11.1. The van der Waals surface area contributed by atoms with Crippen molar-refractivity contribution in [3.8, 4) is 0 Å². The molecule has 0 fully saturated rings. The van der Waals surface area contributed by atoms with E-state index in [2.05, 4.69) is 34.5 Å². The molecule has 0 aliphatic rings. The normalized spacial score (nSPS) is 12.5. The number of amides is 1. The van der Waals surface area contributed by atoms with E-state index in [9.17, 15) is 4.79 Å². The minimum absolute atomic E-state index is 0.235. The van der Waals surface area contributed by atoms with Gasteiger partial charge in [-0.15, -0.1) is 10.2 Å². The monoisotopic (exact) mass is 324 g/mol. The number of rotatable bonds is 6. The Kier molecular flexibility index (Phi) is 4.41. The van der Waals surface area contributed by atoms with Gasteiger partial charge in [0.2, 0.25) is 11.6 Å². The molecule has 3 N–H and O–H groups in total. The average Bonchev–Trinajstić information content (AvgIpc) is 3.03. The van der Waals surface area contributed by atoms with Gasteiger partial charge in [-0.3, -0.25) is 4.79 Å². The van der Waals surface area contributed by atoms with Crippen LogP contribution in [-0.4, -0.2) is 31.8 Å². The first kappa shape index (κ1) is 15.9. The second kappa shape index (κ2) is 6.66. The third-order valence-corrected chi connectivity index (χ3v) is 3.83. The number of carbonyl (C=O) groups is 1. The van der Waals surface area contributed by atoms with Gasteiger partial charge in [-0.2, -0.15) is 9.61 Å². The van der Waals surface area contributed by atoms with Gasteiger partial charge in [-0.05, 0) is 17.5 Å². The van der Waals surface area contributed by atoms with E-state index >= 15 is 0 Å². The first-order valence-electron chi connectivity index (χ1n) is 7.85. The highest BCUT2D eigenvalue weighted by molar-refractivity contribution is 5.85. The first-order chi connectivity index (χ1) is 11.5. The molecule has 7 nitrogen and oxygen atoms in total. The average molecular weight is 324 g/mol. The standard InChI is InChI=1S/C17H20N6O/c1-11(2)13-9-15(17-21-19-10-23(17)22-13)20-14(16(18)24)8-12-6-4-3-5-7-12/h3-7,9-11,14,20H,8H2,1-2H3,(H2,18,24)/t14-/m0/s1. The number of aromatic nitrogens is 4. The van der Waals surface area contributed by atoms with Gasteiger partial charge in [0, 0.05) is 6.42 Å². The molecule has 0 saturated heterocycles. The minimum atomic E-state index is -0.546. The third-order valence-electron chi connectivity index (χ3n) is 3.83. The molecule has 7 heteroatoms. The molecule has 1 amide bonds. The quantitative estimate of drug-likeness (QED) is 0.720. The molecule has 0 spiro atoms. The number of primary amides is 1. The van der Waals surface area contributed by atoms with E-state index in [-0.39, 0.29) is 5.92 Å². The van der Waals surface area contributed by atoms with Crippen LogP contribution < -0.4 is 11.1 Å². The van der Waals surface area contributed by atoms with Crippen LogP contribution in [0.15, 0.2) is 42.7 Å². The number of hydrogen-bond donors (Lipinski definition) is 2. The van der Waals surface area contributed by atoms with Gasteiger partial charge in [0.15, 0.2) is 0 Å². The molecule has 0 aliphatic heterocycles. The smallest absolute Gasteiger partial charge is 0.240 e. The highest BCUT2D eigenvalue weighted by Gasteiger charge is 2.19. The maximum atomic E-state index is 11.9. The molecule has 124 valence electrons. The van der Waals surface area contributed by atoms with Crippen molar-refractivity contribution in [2.24, 2.45) is 5.73 Å². The Balaban J connectivity index is 1.93. The predicted octanol–water partition coefficient (Wildman–Crippen LogP) is 1.76.